The minimum absolute atomic E-state index is 0.0728. The number of thioether (sulfide) groups is 1. The first-order chi connectivity index (χ1) is 11.5. The van der Waals surface area contributed by atoms with E-state index in [0.29, 0.717) is 6.54 Å². The highest BCUT2D eigenvalue weighted by molar-refractivity contribution is 8.00. The predicted octanol–water partition coefficient (Wildman–Crippen LogP) is 4.31. The normalized spacial score (nSPS) is 12.0. The van der Waals surface area contributed by atoms with Gasteiger partial charge in [0.2, 0.25) is 5.91 Å². The Labute approximate surface area is 148 Å². The zero-order valence-electron chi connectivity index (χ0n) is 14.5. The maximum absolute atomic E-state index is 12.2. The van der Waals surface area contributed by atoms with E-state index in [9.17, 15) is 4.79 Å². The second-order valence-electron chi connectivity index (χ2n) is 5.92. The van der Waals surface area contributed by atoms with E-state index >= 15 is 0 Å². The molecule has 1 N–H and O–H groups in total. The van der Waals surface area contributed by atoms with Gasteiger partial charge in [-0.15, -0.1) is 11.8 Å². The second kappa shape index (κ2) is 9.38. The molecule has 0 saturated carbocycles. The van der Waals surface area contributed by atoms with Crippen molar-refractivity contribution in [2.45, 2.75) is 43.4 Å². The first kappa shape index (κ1) is 18.4. The van der Waals surface area contributed by atoms with Crippen molar-refractivity contribution in [2.75, 3.05) is 6.54 Å². The van der Waals surface area contributed by atoms with E-state index in [2.05, 4.69) is 5.32 Å². The minimum atomic E-state index is -0.103. The summed E-state index contributed by atoms with van der Waals surface area (Å²) < 4.78 is 5.63. The van der Waals surface area contributed by atoms with Crippen LogP contribution in [-0.4, -0.2) is 23.8 Å². The molecule has 1 atom stereocenters. The number of rotatable bonds is 8. The molecule has 4 heteroatoms. The van der Waals surface area contributed by atoms with Gasteiger partial charge in [-0.25, -0.2) is 0 Å². The van der Waals surface area contributed by atoms with Crippen molar-refractivity contribution >= 4 is 17.7 Å². The summed E-state index contributed by atoms with van der Waals surface area (Å²) in [5.74, 6) is 0.953. The molecule has 0 heterocycles. The van der Waals surface area contributed by atoms with E-state index in [0.717, 1.165) is 17.1 Å². The van der Waals surface area contributed by atoms with Crippen LogP contribution in [0.1, 0.15) is 26.3 Å². The standard InChI is InChI=1S/C20H25NO2S/c1-15(2)23-18-11-9-17(10-12-18)13-14-21-20(22)16(3)24-19-7-5-4-6-8-19/h4-12,15-16H,13-14H2,1-3H3,(H,21,22). The molecule has 3 nitrogen and oxygen atoms in total. The molecule has 1 unspecified atom stereocenters. The number of ether oxygens (including phenoxy) is 1. The molecule has 0 fully saturated rings. The number of carbonyl (C=O) groups is 1. The maximum atomic E-state index is 12.2. The molecule has 128 valence electrons. The average Bonchev–Trinajstić information content (AvgIpc) is 2.56. The lowest BCUT2D eigenvalue weighted by Gasteiger charge is -2.12. The largest absolute Gasteiger partial charge is 0.491 e. The Morgan fingerprint density at radius 2 is 1.71 bits per heavy atom. The highest BCUT2D eigenvalue weighted by atomic mass is 32.2. The van der Waals surface area contributed by atoms with Crippen LogP contribution < -0.4 is 10.1 Å². The Balaban J connectivity index is 1.73. The van der Waals surface area contributed by atoms with Gasteiger partial charge in [-0.05, 0) is 57.0 Å². The van der Waals surface area contributed by atoms with Gasteiger partial charge >= 0.3 is 0 Å². The Hall–Kier alpha value is -1.94. The third kappa shape index (κ3) is 6.28. The van der Waals surface area contributed by atoms with Crippen LogP contribution in [0.25, 0.3) is 0 Å². The summed E-state index contributed by atoms with van der Waals surface area (Å²) in [6, 6.07) is 18.0. The van der Waals surface area contributed by atoms with Crippen LogP contribution >= 0.6 is 11.8 Å². The SMILES string of the molecule is CC(C)Oc1ccc(CCNC(=O)C(C)Sc2ccccc2)cc1. The molecular formula is C20H25NO2S. The number of nitrogens with one attached hydrogen (secondary N) is 1. The third-order valence-electron chi connectivity index (χ3n) is 3.43. The van der Waals surface area contributed by atoms with Gasteiger partial charge in [0.1, 0.15) is 5.75 Å². The first-order valence-electron chi connectivity index (χ1n) is 8.29. The summed E-state index contributed by atoms with van der Waals surface area (Å²) in [6.45, 7) is 6.60. The van der Waals surface area contributed by atoms with Crippen LogP contribution in [0.4, 0.5) is 0 Å². The molecule has 0 aromatic heterocycles. The molecule has 2 aromatic rings. The van der Waals surface area contributed by atoms with Gasteiger partial charge in [0, 0.05) is 11.4 Å². The van der Waals surface area contributed by atoms with Crippen LogP contribution in [-0.2, 0) is 11.2 Å². The van der Waals surface area contributed by atoms with Gasteiger partial charge < -0.3 is 10.1 Å². The number of amides is 1. The van der Waals surface area contributed by atoms with Gasteiger partial charge in [0.05, 0.1) is 11.4 Å². The highest BCUT2D eigenvalue weighted by Gasteiger charge is 2.13. The van der Waals surface area contributed by atoms with Crippen molar-refractivity contribution in [1.29, 1.82) is 0 Å². The Bertz CT molecular complexity index is 626. The van der Waals surface area contributed by atoms with Crippen LogP contribution in [0, 0.1) is 0 Å². The predicted molar refractivity (Wildman–Crippen MR) is 101 cm³/mol. The molecule has 0 aliphatic carbocycles. The third-order valence-corrected chi connectivity index (χ3v) is 4.55. The van der Waals surface area contributed by atoms with Gasteiger partial charge in [0.15, 0.2) is 0 Å². The number of hydrogen-bond donors (Lipinski definition) is 1. The molecule has 24 heavy (non-hydrogen) atoms. The zero-order valence-corrected chi connectivity index (χ0v) is 15.3. The van der Waals surface area contributed by atoms with E-state index < -0.39 is 0 Å². The smallest absolute Gasteiger partial charge is 0.233 e. The van der Waals surface area contributed by atoms with Crippen molar-refractivity contribution < 1.29 is 9.53 Å². The van der Waals surface area contributed by atoms with Gasteiger partial charge in [0.25, 0.3) is 0 Å². The van der Waals surface area contributed by atoms with Crippen LogP contribution in [0.5, 0.6) is 5.75 Å². The fraction of sp³-hybridized carbons (Fsp3) is 0.350. The number of hydrogen-bond acceptors (Lipinski definition) is 3. The number of carbonyl (C=O) groups excluding carboxylic acids is 1. The lowest BCUT2D eigenvalue weighted by Crippen LogP contribution is -2.32. The maximum Gasteiger partial charge on any atom is 0.233 e. The van der Waals surface area contributed by atoms with Crippen molar-refractivity contribution in [3.05, 3.63) is 60.2 Å². The van der Waals surface area contributed by atoms with Crippen LogP contribution in [0.15, 0.2) is 59.5 Å². The summed E-state index contributed by atoms with van der Waals surface area (Å²) >= 11 is 1.58. The molecule has 2 rings (SSSR count). The quantitative estimate of drug-likeness (QED) is 0.726. The van der Waals surface area contributed by atoms with Gasteiger partial charge in [-0.3, -0.25) is 4.79 Å². The molecule has 0 aliphatic heterocycles. The summed E-state index contributed by atoms with van der Waals surface area (Å²) in [6.07, 6.45) is 0.995. The van der Waals surface area contributed by atoms with E-state index in [1.807, 2.05) is 75.4 Å². The van der Waals surface area contributed by atoms with E-state index in [-0.39, 0.29) is 17.3 Å². The van der Waals surface area contributed by atoms with Crippen molar-refractivity contribution in [2.24, 2.45) is 0 Å². The molecule has 2 aromatic carbocycles. The highest BCUT2D eigenvalue weighted by Crippen LogP contribution is 2.22. The Morgan fingerprint density at radius 1 is 1.04 bits per heavy atom. The lowest BCUT2D eigenvalue weighted by molar-refractivity contribution is -0.120. The van der Waals surface area contributed by atoms with Crippen molar-refractivity contribution in [3.63, 3.8) is 0 Å². The molecule has 0 aliphatic rings. The van der Waals surface area contributed by atoms with Gasteiger partial charge in [-0.1, -0.05) is 30.3 Å². The minimum Gasteiger partial charge on any atom is -0.491 e. The molecule has 0 bridgehead atoms. The van der Waals surface area contributed by atoms with Gasteiger partial charge in [-0.2, -0.15) is 0 Å². The van der Waals surface area contributed by atoms with Crippen molar-refractivity contribution in [3.8, 4) is 5.75 Å². The molecule has 1 amide bonds. The van der Waals surface area contributed by atoms with E-state index in [4.69, 9.17) is 4.74 Å². The summed E-state index contributed by atoms with van der Waals surface area (Å²) in [4.78, 5) is 13.3. The summed E-state index contributed by atoms with van der Waals surface area (Å²) in [5, 5.41) is 2.90. The fourth-order valence-corrected chi connectivity index (χ4v) is 3.15. The average molecular weight is 343 g/mol. The van der Waals surface area contributed by atoms with E-state index in [1.165, 1.54) is 5.56 Å². The van der Waals surface area contributed by atoms with Crippen molar-refractivity contribution in [1.82, 2.24) is 5.32 Å². The summed E-state index contributed by atoms with van der Waals surface area (Å²) in [5.41, 5.74) is 1.19. The Morgan fingerprint density at radius 3 is 2.33 bits per heavy atom. The number of benzene rings is 2. The monoisotopic (exact) mass is 343 g/mol. The van der Waals surface area contributed by atoms with Crippen LogP contribution in [0.3, 0.4) is 0 Å². The van der Waals surface area contributed by atoms with E-state index in [1.54, 1.807) is 11.8 Å². The second-order valence-corrected chi connectivity index (χ2v) is 7.34. The molecule has 0 radical (unpaired) electrons. The first-order valence-corrected chi connectivity index (χ1v) is 9.17. The molecular weight excluding hydrogens is 318 g/mol. The summed E-state index contributed by atoms with van der Waals surface area (Å²) in [7, 11) is 0. The molecule has 0 saturated heterocycles. The lowest BCUT2D eigenvalue weighted by atomic mass is 10.1. The fourth-order valence-electron chi connectivity index (χ4n) is 2.24. The topological polar surface area (TPSA) is 38.3 Å². The molecule has 0 spiro atoms. The zero-order chi connectivity index (χ0) is 17.4. The Kier molecular flexibility index (Phi) is 7.19. The van der Waals surface area contributed by atoms with Crippen LogP contribution in [0.2, 0.25) is 0 Å².